The summed E-state index contributed by atoms with van der Waals surface area (Å²) in [6.45, 7) is 10.1. The van der Waals surface area contributed by atoms with E-state index in [1.54, 1.807) is 0 Å². The highest BCUT2D eigenvalue weighted by molar-refractivity contribution is 4.86. The first-order chi connectivity index (χ1) is 9.20. The molecule has 0 amide bonds. The predicted molar refractivity (Wildman–Crippen MR) is 81.3 cm³/mol. The van der Waals surface area contributed by atoms with Crippen LogP contribution in [0.25, 0.3) is 0 Å². The Balaban J connectivity index is 1.93. The summed E-state index contributed by atoms with van der Waals surface area (Å²) in [4.78, 5) is 0. The molecule has 4 unspecified atom stereocenters. The molecule has 0 aromatic heterocycles. The second kappa shape index (κ2) is 7.64. The van der Waals surface area contributed by atoms with Crippen LogP contribution in [-0.4, -0.2) is 25.8 Å². The molecule has 1 saturated heterocycles. The van der Waals surface area contributed by atoms with Crippen molar-refractivity contribution in [3.05, 3.63) is 0 Å². The van der Waals surface area contributed by atoms with E-state index < -0.39 is 0 Å². The van der Waals surface area contributed by atoms with E-state index in [2.05, 4.69) is 26.1 Å². The van der Waals surface area contributed by atoms with Gasteiger partial charge in [0.05, 0.1) is 0 Å². The standard InChI is InChI=1S/C17H33NO/c1-4-14-7-8-15(11-18-13(2)3)17(10-14)16-6-5-9-19-12-16/h13-18H,4-12H2,1-3H3. The molecule has 2 rings (SSSR count). The zero-order chi connectivity index (χ0) is 13.7. The van der Waals surface area contributed by atoms with Crippen LogP contribution in [0.2, 0.25) is 0 Å². The Labute approximate surface area is 119 Å². The average Bonchev–Trinajstić information content (AvgIpc) is 2.46. The van der Waals surface area contributed by atoms with Crippen LogP contribution in [0.15, 0.2) is 0 Å². The lowest BCUT2D eigenvalue weighted by molar-refractivity contribution is -0.00339. The average molecular weight is 267 g/mol. The second-order valence-corrected chi connectivity index (χ2v) is 7.05. The minimum absolute atomic E-state index is 0.618. The molecule has 2 nitrogen and oxygen atoms in total. The lowest BCUT2D eigenvalue weighted by Gasteiger charge is -2.42. The highest BCUT2D eigenvalue weighted by Crippen LogP contribution is 2.41. The van der Waals surface area contributed by atoms with Gasteiger partial charge in [0.15, 0.2) is 0 Å². The fraction of sp³-hybridized carbons (Fsp3) is 1.00. The summed E-state index contributed by atoms with van der Waals surface area (Å²) >= 11 is 0. The summed E-state index contributed by atoms with van der Waals surface area (Å²) in [6.07, 6.45) is 8.38. The topological polar surface area (TPSA) is 21.3 Å². The van der Waals surface area contributed by atoms with Crippen molar-refractivity contribution >= 4 is 0 Å². The van der Waals surface area contributed by atoms with E-state index in [0.717, 1.165) is 36.9 Å². The molecule has 1 saturated carbocycles. The number of nitrogens with one attached hydrogen (secondary N) is 1. The number of ether oxygens (including phenoxy) is 1. The van der Waals surface area contributed by atoms with Crippen molar-refractivity contribution in [2.75, 3.05) is 19.8 Å². The molecular weight excluding hydrogens is 234 g/mol. The summed E-state index contributed by atoms with van der Waals surface area (Å²) in [5.41, 5.74) is 0. The minimum atomic E-state index is 0.618. The predicted octanol–water partition coefficient (Wildman–Crippen LogP) is 3.85. The first-order valence-corrected chi connectivity index (χ1v) is 8.51. The molecule has 1 aliphatic heterocycles. The maximum Gasteiger partial charge on any atom is 0.0497 e. The Morgan fingerprint density at radius 3 is 2.68 bits per heavy atom. The van der Waals surface area contributed by atoms with Gasteiger partial charge < -0.3 is 10.1 Å². The lowest BCUT2D eigenvalue weighted by Crippen LogP contribution is -2.40. The van der Waals surface area contributed by atoms with Crippen molar-refractivity contribution < 1.29 is 4.74 Å². The third kappa shape index (κ3) is 4.46. The molecule has 4 atom stereocenters. The van der Waals surface area contributed by atoms with Gasteiger partial charge in [0.2, 0.25) is 0 Å². The van der Waals surface area contributed by atoms with E-state index >= 15 is 0 Å². The Bertz CT molecular complexity index is 248. The van der Waals surface area contributed by atoms with E-state index in [1.807, 2.05) is 0 Å². The normalized spacial score (nSPS) is 36.6. The molecule has 0 bridgehead atoms. The van der Waals surface area contributed by atoms with Crippen LogP contribution in [-0.2, 0) is 4.74 Å². The second-order valence-electron chi connectivity index (χ2n) is 7.05. The van der Waals surface area contributed by atoms with Crippen molar-refractivity contribution in [3.63, 3.8) is 0 Å². The van der Waals surface area contributed by atoms with E-state index in [1.165, 1.54) is 45.1 Å². The molecule has 19 heavy (non-hydrogen) atoms. The number of rotatable bonds is 5. The molecule has 1 heterocycles. The highest BCUT2D eigenvalue weighted by Gasteiger charge is 2.35. The fourth-order valence-electron chi connectivity index (χ4n) is 4.05. The van der Waals surface area contributed by atoms with Crippen molar-refractivity contribution in [1.82, 2.24) is 5.32 Å². The molecule has 1 N–H and O–H groups in total. The largest absolute Gasteiger partial charge is 0.381 e. The van der Waals surface area contributed by atoms with Gasteiger partial charge in [-0.3, -0.25) is 0 Å². The van der Waals surface area contributed by atoms with Crippen LogP contribution in [0.3, 0.4) is 0 Å². The van der Waals surface area contributed by atoms with Crippen LogP contribution in [0.4, 0.5) is 0 Å². The van der Waals surface area contributed by atoms with Crippen molar-refractivity contribution in [1.29, 1.82) is 0 Å². The van der Waals surface area contributed by atoms with Gasteiger partial charge in [-0.25, -0.2) is 0 Å². The monoisotopic (exact) mass is 267 g/mol. The van der Waals surface area contributed by atoms with Gasteiger partial charge >= 0.3 is 0 Å². The highest BCUT2D eigenvalue weighted by atomic mass is 16.5. The Hall–Kier alpha value is -0.0800. The smallest absolute Gasteiger partial charge is 0.0497 e. The van der Waals surface area contributed by atoms with Crippen molar-refractivity contribution in [3.8, 4) is 0 Å². The molecule has 112 valence electrons. The van der Waals surface area contributed by atoms with Crippen molar-refractivity contribution in [2.24, 2.45) is 23.7 Å². The van der Waals surface area contributed by atoms with E-state index in [-0.39, 0.29) is 0 Å². The first-order valence-electron chi connectivity index (χ1n) is 8.51. The molecule has 2 heteroatoms. The van der Waals surface area contributed by atoms with Crippen LogP contribution in [0, 0.1) is 23.7 Å². The summed E-state index contributed by atoms with van der Waals surface area (Å²) in [5.74, 6) is 3.60. The van der Waals surface area contributed by atoms with E-state index in [0.29, 0.717) is 6.04 Å². The zero-order valence-corrected chi connectivity index (χ0v) is 13.2. The maximum absolute atomic E-state index is 5.76. The summed E-state index contributed by atoms with van der Waals surface area (Å²) in [7, 11) is 0. The molecule has 0 aromatic rings. The maximum atomic E-state index is 5.76. The van der Waals surface area contributed by atoms with Gasteiger partial charge in [-0.15, -0.1) is 0 Å². The lowest BCUT2D eigenvalue weighted by atomic mass is 9.67. The Kier molecular flexibility index (Phi) is 6.15. The zero-order valence-electron chi connectivity index (χ0n) is 13.2. The van der Waals surface area contributed by atoms with Crippen LogP contribution in [0.5, 0.6) is 0 Å². The fourth-order valence-corrected chi connectivity index (χ4v) is 4.05. The third-order valence-corrected chi connectivity index (χ3v) is 5.32. The third-order valence-electron chi connectivity index (χ3n) is 5.32. The van der Waals surface area contributed by atoms with Crippen LogP contribution >= 0.6 is 0 Å². The molecular formula is C17H33NO. The minimum Gasteiger partial charge on any atom is -0.381 e. The Morgan fingerprint density at radius 1 is 1.21 bits per heavy atom. The molecule has 2 aliphatic rings. The molecule has 2 fully saturated rings. The number of hydrogen-bond acceptors (Lipinski definition) is 2. The van der Waals surface area contributed by atoms with E-state index in [9.17, 15) is 0 Å². The van der Waals surface area contributed by atoms with Gasteiger partial charge in [-0.2, -0.15) is 0 Å². The molecule has 0 radical (unpaired) electrons. The van der Waals surface area contributed by atoms with Gasteiger partial charge in [0, 0.05) is 19.3 Å². The van der Waals surface area contributed by atoms with Gasteiger partial charge in [0.25, 0.3) is 0 Å². The Morgan fingerprint density at radius 2 is 2.05 bits per heavy atom. The van der Waals surface area contributed by atoms with Gasteiger partial charge in [0.1, 0.15) is 0 Å². The van der Waals surface area contributed by atoms with Crippen molar-refractivity contribution in [2.45, 2.75) is 65.3 Å². The SMILES string of the molecule is CCC1CCC(CNC(C)C)C(C2CCCOC2)C1. The van der Waals surface area contributed by atoms with Gasteiger partial charge in [-0.1, -0.05) is 33.6 Å². The molecule has 1 aliphatic carbocycles. The van der Waals surface area contributed by atoms with Gasteiger partial charge in [-0.05, 0) is 55.9 Å². The quantitative estimate of drug-likeness (QED) is 0.817. The molecule has 0 spiro atoms. The summed E-state index contributed by atoms with van der Waals surface area (Å²) < 4.78 is 5.76. The summed E-state index contributed by atoms with van der Waals surface area (Å²) in [5, 5.41) is 3.68. The van der Waals surface area contributed by atoms with E-state index in [4.69, 9.17) is 4.74 Å². The number of hydrogen-bond donors (Lipinski definition) is 1. The first kappa shape index (κ1) is 15.3. The van der Waals surface area contributed by atoms with Crippen LogP contribution in [0.1, 0.15) is 59.3 Å². The van der Waals surface area contributed by atoms with Crippen LogP contribution < -0.4 is 5.32 Å². The molecule has 0 aromatic carbocycles. The summed E-state index contributed by atoms with van der Waals surface area (Å²) in [6, 6.07) is 0.618.